The molecule has 104 valence electrons. The van der Waals surface area contributed by atoms with Gasteiger partial charge in [-0.15, -0.1) is 0 Å². The first-order chi connectivity index (χ1) is 9.03. The third-order valence-corrected chi connectivity index (χ3v) is 3.47. The molecule has 1 aromatic rings. The minimum Gasteiger partial charge on any atom is -0.369 e. The van der Waals surface area contributed by atoms with Gasteiger partial charge in [-0.25, -0.2) is 9.97 Å². The number of carbonyl (C=O) groups excluding carboxylic acids is 1. The molecule has 2 rings (SSSR count). The van der Waals surface area contributed by atoms with Crippen molar-refractivity contribution in [3.05, 3.63) is 18.1 Å². The maximum absolute atomic E-state index is 12.1. The summed E-state index contributed by atoms with van der Waals surface area (Å²) >= 11 is 0. The van der Waals surface area contributed by atoms with E-state index in [9.17, 15) is 4.79 Å². The largest absolute Gasteiger partial charge is 0.369 e. The maximum Gasteiger partial charge on any atom is 0.271 e. The number of nitrogens with one attached hydrogen (secondary N) is 2. The van der Waals surface area contributed by atoms with Gasteiger partial charge in [-0.1, -0.05) is 6.92 Å². The number of aromatic nitrogens is 2. The molecular formula is C14H22N4O. The van der Waals surface area contributed by atoms with Gasteiger partial charge in [0.2, 0.25) is 0 Å². The van der Waals surface area contributed by atoms with Crippen LogP contribution >= 0.6 is 0 Å². The van der Waals surface area contributed by atoms with E-state index in [4.69, 9.17) is 0 Å². The second-order valence-corrected chi connectivity index (χ2v) is 5.66. The fraction of sp³-hybridized carbons (Fsp3) is 0.643. The Morgan fingerprint density at radius 2 is 2.11 bits per heavy atom. The number of rotatable bonds is 6. The van der Waals surface area contributed by atoms with Gasteiger partial charge in [-0.2, -0.15) is 0 Å². The van der Waals surface area contributed by atoms with Crippen molar-refractivity contribution >= 4 is 11.7 Å². The summed E-state index contributed by atoms with van der Waals surface area (Å²) in [5, 5.41) is 6.17. The number of nitrogens with zero attached hydrogens (tertiary/aromatic N) is 2. The molecule has 1 amide bonds. The first kappa shape index (κ1) is 13.8. The fourth-order valence-electron chi connectivity index (χ4n) is 2.05. The summed E-state index contributed by atoms with van der Waals surface area (Å²) in [5.74, 6) is 1.15. The molecular weight excluding hydrogens is 240 g/mol. The van der Waals surface area contributed by atoms with Gasteiger partial charge in [0.1, 0.15) is 11.5 Å². The van der Waals surface area contributed by atoms with Crippen LogP contribution in [0.25, 0.3) is 0 Å². The standard InChI is InChI=1S/C14H22N4O/c1-4-7-15-12-9-16-11(8-17-12)13(19)18-14(2,3)10-5-6-10/h8-10H,4-7H2,1-3H3,(H,15,17)(H,18,19). The van der Waals surface area contributed by atoms with Crippen LogP contribution in [0, 0.1) is 5.92 Å². The van der Waals surface area contributed by atoms with Crippen molar-refractivity contribution in [3.8, 4) is 0 Å². The van der Waals surface area contributed by atoms with Gasteiger partial charge < -0.3 is 10.6 Å². The predicted molar refractivity (Wildman–Crippen MR) is 75.1 cm³/mol. The summed E-state index contributed by atoms with van der Waals surface area (Å²) in [6, 6.07) is 0. The molecule has 1 aromatic heterocycles. The molecule has 0 radical (unpaired) electrons. The maximum atomic E-state index is 12.1. The zero-order chi connectivity index (χ0) is 13.9. The van der Waals surface area contributed by atoms with E-state index in [0.29, 0.717) is 17.4 Å². The van der Waals surface area contributed by atoms with Gasteiger partial charge in [0.25, 0.3) is 5.91 Å². The van der Waals surface area contributed by atoms with Crippen LogP contribution in [0.1, 0.15) is 50.5 Å². The Balaban J connectivity index is 1.95. The molecule has 2 N–H and O–H groups in total. The molecule has 1 fully saturated rings. The molecule has 0 saturated heterocycles. The summed E-state index contributed by atoms with van der Waals surface area (Å²) < 4.78 is 0. The third kappa shape index (κ3) is 3.66. The van der Waals surface area contributed by atoms with E-state index >= 15 is 0 Å². The van der Waals surface area contributed by atoms with Crippen molar-refractivity contribution in [2.45, 2.75) is 45.6 Å². The Labute approximate surface area is 114 Å². The minimum atomic E-state index is -0.155. The van der Waals surface area contributed by atoms with Gasteiger partial charge in [0.15, 0.2) is 0 Å². The summed E-state index contributed by atoms with van der Waals surface area (Å²) in [6.45, 7) is 7.07. The summed E-state index contributed by atoms with van der Waals surface area (Å²) in [6.07, 6.45) is 6.54. The van der Waals surface area contributed by atoms with E-state index in [1.165, 1.54) is 19.0 Å². The van der Waals surface area contributed by atoms with Crippen molar-refractivity contribution in [2.24, 2.45) is 5.92 Å². The van der Waals surface area contributed by atoms with E-state index < -0.39 is 0 Å². The van der Waals surface area contributed by atoms with Crippen molar-refractivity contribution in [3.63, 3.8) is 0 Å². The minimum absolute atomic E-state index is 0.147. The lowest BCUT2D eigenvalue weighted by atomic mass is 9.98. The predicted octanol–water partition coefficient (Wildman–Crippen LogP) is 2.22. The van der Waals surface area contributed by atoms with Crippen LogP contribution < -0.4 is 10.6 Å². The molecule has 1 aliphatic carbocycles. The van der Waals surface area contributed by atoms with E-state index in [1.807, 2.05) is 0 Å². The average molecular weight is 262 g/mol. The fourth-order valence-corrected chi connectivity index (χ4v) is 2.05. The van der Waals surface area contributed by atoms with E-state index in [2.05, 4.69) is 41.4 Å². The van der Waals surface area contributed by atoms with Gasteiger partial charge >= 0.3 is 0 Å². The van der Waals surface area contributed by atoms with Gasteiger partial charge in [0.05, 0.1) is 12.4 Å². The number of hydrogen-bond donors (Lipinski definition) is 2. The molecule has 19 heavy (non-hydrogen) atoms. The first-order valence-electron chi connectivity index (χ1n) is 6.91. The lowest BCUT2D eigenvalue weighted by Gasteiger charge is -2.25. The molecule has 5 nitrogen and oxygen atoms in total. The SMILES string of the molecule is CCCNc1cnc(C(=O)NC(C)(C)C2CC2)cn1. The van der Waals surface area contributed by atoms with Crippen molar-refractivity contribution in [1.82, 2.24) is 15.3 Å². The first-order valence-corrected chi connectivity index (χ1v) is 6.91. The van der Waals surface area contributed by atoms with Gasteiger partial charge in [-0.3, -0.25) is 4.79 Å². The summed E-state index contributed by atoms with van der Waals surface area (Å²) in [4.78, 5) is 20.4. The molecule has 0 aromatic carbocycles. The molecule has 0 aliphatic heterocycles. The summed E-state index contributed by atoms with van der Waals surface area (Å²) in [5.41, 5.74) is 0.216. The smallest absolute Gasteiger partial charge is 0.271 e. The normalized spacial score (nSPS) is 15.1. The molecule has 0 bridgehead atoms. The van der Waals surface area contributed by atoms with E-state index in [1.54, 1.807) is 6.20 Å². The highest BCUT2D eigenvalue weighted by molar-refractivity contribution is 5.92. The number of carbonyl (C=O) groups is 1. The quantitative estimate of drug-likeness (QED) is 0.825. The second-order valence-electron chi connectivity index (χ2n) is 5.66. The average Bonchev–Trinajstić information content (AvgIpc) is 3.21. The Morgan fingerprint density at radius 1 is 1.37 bits per heavy atom. The van der Waals surface area contributed by atoms with Crippen LogP contribution in [0.4, 0.5) is 5.82 Å². The van der Waals surface area contributed by atoms with Crippen molar-refractivity contribution < 1.29 is 4.79 Å². The topological polar surface area (TPSA) is 66.9 Å². The van der Waals surface area contributed by atoms with Crippen LogP contribution in [0.5, 0.6) is 0 Å². The summed E-state index contributed by atoms with van der Waals surface area (Å²) in [7, 11) is 0. The molecule has 0 atom stereocenters. The van der Waals surface area contributed by atoms with Crippen LogP contribution in [0.15, 0.2) is 12.4 Å². The number of hydrogen-bond acceptors (Lipinski definition) is 4. The van der Waals surface area contributed by atoms with Crippen LogP contribution in [0.3, 0.4) is 0 Å². The zero-order valence-electron chi connectivity index (χ0n) is 11.9. The third-order valence-electron chi connectivity index (χ3n) is 3.47. The van der Waals surface area contributed by atoms with Gasteiger partial charge in [-0.05, 0) is 39.0 Å². The van der Waals surface area contributed by atoms with Crippen LogP contribution in [-0.4, -0.2) is 28.0 Å². The van der Waals surface area contributed by atoms with Crippen LogP contribution in [-0.2, 0) is 0 Å². The van der Waals surface area contributed by atoms with Crippen LogP contribution in [0.2, 0.25) is 0 Å². The Morgan fingerprint density at radius 3 is 2.63 bits per heavy atom. The number of amides is 1. The highest BCUT2D eigenvalue weighted by atomic mass is 16.2. The molecule has 1 saturated carbocycles. The Hall–Kier alpha value is -1.65. The molecule has 0 unspecified atom stereocenters. The van der Waals surface area contributed by atoms with Gasteiger partial charge in [0, 0.05) is 12.1 Å². The van der Waals surface area contributed by atoms with Crippen molar-refractivity contribution in [2.75, 3.05) is 11.9 Å². The monoisotopic (exact) mass is 262 g/mol. The Kier molecular flexibility index (Phi) is 4.02. The second kappa shape index (κ2) is 5.55. The molecule has 5 heteroatoms. The molecule has 1 heterocycles. The highest BCUT2D eigenvalue weighted by Gasteiger charge is 2.39. The van der Waals surface area contributed by atoms with E-state index in [0.717, 1.165) is 13.0 Å². The molecule has 0 spiro atoms. The number of anilines is 1. The lowest BCUT2D eigenvalue weighted by Crippen LogP contribution is -2.45. The highest BCUT2D eigenvalue weighted by Crippen LogP contribution is 2.39. The van der Waals surface area contributed by atoms with E-state index in [-0.39, 0.29) is 11.4 Å². The zero-order valence-corrected chi connectivity index (χ0v) is 11.9. The Bertz CT molecular complexity index is 437. The lowest BCUT2D eigenvalue weighted by molar-refractivity contribution is 0.0898. The van der Waals surface area contributed by atoms with Crippen molar-refractivity contribution in [1.29, 1.82) is 0 Å². The molecule has 1 aliphatic rings.